The van der Waals surface area contributed by atoms with Crippen molar-refractivity contribution in [1.29, 1.82) is 5.41 Å². The molecule has 0 radical (unpaired) electrons. The molecular weight excluding hydrogens is 146 g/mol. The van der Waals surface area contributed by atoms with Crippen molar-refractivity contribution in [1.82, 2.24) is 5.32 Å². The molecule has 5 nitrogen and oxygen atoms in total. The molecule has 0 aliphatic carbocycles. The Morgan fingerprint density at radius 2 is 2.00 bits per heavy atom. The van der Waals surface area contributed by atoms with Gasteiger partial charge in [-0.2, -0.15) is 0 Å². The van der Waals surface area contributed by atoms with Crippen LogP contribution in [0.3, 0.4) is 0 Å². The summed E-state index contributed by atoms with van der Waals surface area (Å²) in [7, 11) is 1.59. The Hall–Kier alpha value is -1.39. The van der Waals surface area contributed by atoms with Crippen LogP contribution in [-0.4, -0.2) is 17.7 Å². The van der Waals surface area contributed by atoms with Crippen molar-refractivity contribution in [2.24, 2.45) is 0 Å². The van der Waals surface area contributed by atoms with Gasteiger partial charge in [0.25, 0.3) is 0 Å². The molecule has 62 valence electrons. The Kier molecular flexibility index (Phi) is 3.23. The van der Waals surface area contributed by atoms with E-state index in [2.05, 4.69) is 5.32 Å². The van der Waals surface area contributed by atoms with Crippen LogP contribution in [0.5, 0.6) is 0 Å². The summed E-state index contributed by atoms with van der Waals surface area (Å²) in [6, 6.07) is 0. The lowest BCUT2D eigenvalue weighted by molar-refractivity contribution is -0.416. The van der Waals surface area contributed by atoms with Gasteiger partial charge in [0.05, 0.1) is 10.6 Å². The van der Waals surface area contributed by atoms with E-state index in [1.54, 1.807) is 14.0 Å². The largest absolute Gasteiger partial charge is 0.386 e. The Bertz CT molecular complexity index is 204. The molecule has 0 spiro atoms. The van der Waals surface area contributed by atoms with Gasteiger partial charge in [-0.05, 0) is 13.8 Å². The van der Waals surface area contributed by atoms with Gasteiger partial charge >= 0.3 is 5.70 Å². The van der Waals surface area contributed by atoms with Gasteiger partial charge in [0.15, 0.2) is 0 Å². The highest BCUT2D eigenvalue weighted by Gasteiger charge is 2.16. The monoisotopic (exact) mass is 157 g/mol. The Morgan fingerprint density at radius 1 is 1.55 bits per heavy atom. The average Bonchev–Trinajstić information content (AvgIpc) is 1.85. The Labute approximate surface area is 64.8 Å². The van der Waals surface area contributed by atoms with Crippen molar-refractivity contribution in [2.45, 2.75) is 13.8 Å². The van der Waals surface area contributed by atoms with Gasteiger partial charge in [-0.15, -0.1) is 0 Å². The molecule has 0 aromatic rings. The third kappa shape index (κ3) is 2.37. The van der Waals surface area contributed by atoms with E-state index in [4.69, 9.17) is 5.41 Å². The maximum absolute atomic E-state index is 10.3. The predicted molar refractivity (Wildman–Crippen MR) is 42.2 cm³/mol. The van der Waals surface area contributed by atoms with E-state index in [1.807, 2.05) is 0 Å². The minimum absolute atomic E-state index is 0.0400. The highest BCUT2D eigenvalue weighted by molar-refractivity contribution is 5.93. The van der Waals surface area contributed by atoms with E-state index in [0.29, 0.717) is 5.70 Å². The normalized spacial score (nSPS) is 11.9. The molecule has 0 amide bonds. The zero-order chi connectivity index (χ0) is 9.02. The molecular formula is C6H11N3O2. The molecule has 0 heterocycles. The second-order valence-electron chi connectivity index (χ2n) is 2.11. The Balaban J connectivity index is 4.88. The number of nitrogens with one attached hydrogen (secondary N) is 2. The minimum Gasteiger partial charge on any atom is -0.386 e. The molecule has 0 saturated carbocycles. The molecule has 0 saturated heterocycles. The smallest absolute Gasteiger partial charge is 0.308 e. The molecule has 0 aliphatic rings. The van der Waals surface area contributed by atoms with Crippen molar-refractivity contribution in [3.8, 4) is 0 Å². The first kappa shape index (κ1) is 9.61. The molecule has 0 rings (SSSR count). The van der Waals surface area contributed by atoms with E-state index >= 15 is 0 Å². The lowest BCUT2D eigenvalue weighted by Gasteiger charge is -2.00. The summed E-state index contributed by atoms with van der Waals surface area (Å²) in [5.41, 5.74) is 0.205. The summed E-state index contributed by atoms with van der Waals surface area (Å²) in [4.78, 5) is 9.75. The Morgan fingerprint density at radius 3 is 2.09 bits per heavy atom. The number of hydrogen-bond donors (Lipinski definition) is 2. The molecule has 0 aromatic heterocycles. The summed E-state index contributed by atoms with van der Waals surface area (Å²) in [5, 5.41) is 20.0. The van der Waals surface area contributed by atoms with Crippen LogP contribution in [0.4, 0.5) is 0 Å². The molecule has 0 aromatic carbocycles. The first-order chi connectivity index (χ1) is 5.00. The lowest BCUT2D eigenvalue weighted by atomic mass is 10.2. The van der Waals surface area contributed by atoms with Crippen molar-refractivity contribution in [3.63, 3.8) is 0 Å². The van der Waals surface area contributed by atoms with E-state index in [1.165, 1.54) is 6.92 Å². The number of nitrogens with zero attached hydrogens (tertiary/aromatic N) is 1. The van der Waals surface area contributed by atoms with Gasteiger partial charge in [0, 0.05) is 7.05 Å². The van der Waals surface area contributed by atoms with Crippen LogP contribution in [-0.2, 0) is 0 Å². The molecule has 5 heteroatoms. The molecule has 0 fully saturated rings. The molecule has 2 N–H and O–H groups in total. The van der Waals surface area contributed by atoms with Crippen molar-refractivity contribution < 1.29 is 4.92 Å². The zero-order valence-corrected chi connectivity index (χ0v) is 6.76. The van der Waals surface area contributed by atoms with E-state index in [-0.39, 0.29) is 11.4 Å². The lowest BCUT2D eigenvalue weighted by Crippen LogP contribution is -2.16. The molecule has 11 heavy (non-hydrogen) atoms. The molecule has 0 bridgehead atoms. The summed E-state index contributed by atoms with van der Waals surface area (Å²) in [6.07, 6.45) is 0. The van der Waals surface area contributed by atoms with E-state index in [9.17, 15) is 10.1 Å². The van der Waals surface area contributed by atoms with Crippen LogP contribution in [0, 0.1) is 15.5 Å². The summed E-state index contributed by atoms with van der Waals surface area (Å²) in [6.45, 7) is 2.95. The van der Waals surface area contributed by atoms with E-state index < -0.39 is 4.92 Å². The van der Waals surface area contributed by atoms with Gasteiger partial charge < -0.3 is 5.32 Å². The number of hydrogen-bond acceptors (Lipinski definition) is 4. The summed E-state index contributed by atoms with van der Waals surface area (Å²) in [5.74, 6) is 0. The molecule has 0 unspecified atom stereocenters. The fraction of sp³-hybridized carbons (Fsp3) is 0.500. The van der Waals surface area contributed by atoms with Gasteiger partial charge in [0.2, 0.25) is 0 Å². The predicted octanol–water partition coefficient (Wildman–Crippen LogP) is 0.754. The van der Waals surface area contributed by atoms with Crippen LogP contribution >= 0.6 is 0 Å². The van der Waals surface area contributed by atoms with Gasteiger partial charge in [-0.1, -0.05) is 0 Å². The highest BCUT2D eigenvalue weighted by atomic mass is 16.6. The third-order valence-electron chi connectivity index (χ3n) is 1.27. The van der Waals surface area contributed by atoms with Crippen LogP contribution in [0.1, 0.15) is 13.8 Å². The van der Waals surface area contributed by atoms with Crippen molar-refractivity contribution in [3.05, 3.63) is 21.5 Å². The van der Waals surface area contributed by atoms with Crippen LogP contribution in [0.15, 0.2) is 11.4 Å². The maximum Gasteiger partial charge on any atom is 0.308 e. The summed E-state index contributed by atoms with van der Waals surface area (Å²) >= 11 is 0. The third-order valence-corrected chi connectivity index (χ3v) is 1.27. The highest BCUT2D eigenvalue weighted by Crippen LogP contribution is 2.02. The minimum atomic E-state index is -0.561. The summed E-state index contributed by atoms with van der Waals surface area (Å²) < 4.78 is 0. The fourth-order valence-corrected chi connectivity index (χ4v) is 0.674. The van der Waals surface area contributed by atoms with Crippen molar-refractivity contribution >= 4 is 5.71 Å². The SMILES string of the molecule is CN/C(C)=C(\C(C)=N)[N+](=O)[O-]. The van der Waals surface area contributed by atoms with Gasteiger partial charge in [0.1, 0.15) is 5.71 Å². The van der Waals surface area contributed by atoms with Crippen LogP contribution in [0.2, 0.25) is 0 Å². The average molecular weight is 157 g/mol. The van der Waals surface area contributed by atoms with Gasteiger partial charge in [-0.25, -0.2) is 0 Å². The second kappa shape index (κ2) is 3.70. The first-order valence-corrected chi connectivity index (χ1v) is 3.09. The molecule has 0 aliphatic heterocycles. The van der Waals surface area contributed by atoms with Gasteiger partial charge in [-0.3, -0.25) is 15.5 Å². The fourth-order valence-electron chi connectivity index (χ4n) is 0.674. The van der Waals surface area contributed by atoms with Crippen LogP contribution < -0.4 is 5.32 Å². The zero-order valence-electron chi connectivity index (χ0n) is 6.76. The first-order valence-electron chi connectivity index (χ1n) is 3.09. The molecule has 0 atom stereocenters. The van der Waals surface area contributed by atoms with E-state index in [0.717, 1.165) is 0 Å². The van der Waals surface area contributed by atoms with Crippen molar-refractivity contribution in [2.75, 3.05) is 7.05 Å². The number of rotatable bonds is 3. The number of allylic oxidation sites excluding steroid dienone is 2. The topological polar surface area (TPSA) is 79.0 Å². The van der Waals surface area contributed by atoms with Crippen LogP contribution in [0.25, 0.3) is 0 Å². The second-order valence-corrected chi connectivity index (χ2v) is 2.11. The standard InChI is InChI=1S/C6H11N3O2/c1-4(7)6(9(10)11)5(2)8-3/h7-8H,1-3H3/b6-5+,7-4?. The maximum atomic E-state index is 10.3. The quantitative estimate of drug-likeness (QED) is 0.360. The number of nitro groups is 1.